The molecule has 0 amide bonds. The second-order valence-corrected chi connectivity index (χ2v) is 6.67. The van der Waals surface area contributed by atoms with E-state index in [1.54, 1.807) is 6.33 Å². The number of para-hydroxylation sites is 1. The van der Waals surface area contributed by atoms with Gasteiger partial charge in [0.25, 0.3) is 0 Å². The Balaban J connectivity index is 0.00000112. The van der Waals surface area contributed by atoms with Crippen LogP contribution >= 0.6 is 24.8 Å². The number of nitrogens with zero attached hydrogens (tertiary/aromatic N) is 4. The van der Waals surface area contributed by atoms with Gasteiger partial charge in [-0.2, -0.15) is 0 Å². The minimum atomic E-state index is 0. The van der Waals surface area contributed by atoms with Crippen molar-refractivity contribution in [2.24, 2.45) is 0 Å². The molecule has 0 N–H and O–H groups in total. The molecule has 0 spiro atoms. The topological polar surface area (TPSA) is 50.7 Å². The van der Waals surface area contributed by atoms with Gasteiger partial charge in [-0.05, 0) is 29.8 Å². The lowest BCUT2D eigenvalue weighted by atomic mass is 10.1. The number of fused-ring (bicyclic) bond motifs is 2. The van der Waals surface area contributed by atoms with Crippen molar-refractivity contribution in [3.8, 4) is 11.5 Å². The number of piperazine rings is 1. The van der Waals surface area contributed by atoms with E-state index in [2.05, 4.69) is 38.0 Å². The highest BCUT2D eigenvalue weighted by Crippen LogP contribution is 2.33. The Morgan fingerprint density at radius 2 is 1.64 bits per heavy atom. The summed E-state index contributed by atoms with van der Waals surface area (Å²) in [6.07, 6.45) is 1.66. The van der Waals surface area contributed by atoms with Crippen LogP contribution in [-0.4, -0.2) is 47.8 Å². The van der Waals surface area contributed by atoms with E-state index in [4.69, 9.17) is 9.47 Å². The van der Waals surface area contributed by atoms with Crippen molar-refractivity contribution < 1.29 is 9.47 Å². The van der Waals surface area contributed by atoms with Crippen LogP contribution in [0.3, 0.4) is 0 Å². The average Bonchev–Trinajstić information content (AvgIpc) is 3.16. The van der Waals surface area contributed by atoms with E-state index in [0.717, 1.165) is 60.9 Å². The van der Waals surface area contributed by atoms with E-state index in [9.17, 15) is 0 Å². The van der Waals surface area contributed by atoms with E-state index in [0.29, 0.717) is 6.79 Å². The molecule has 3 aromatic rings. The SMILES string of the molecule is Cl.Cl.c1ccc2c(N3CCN(Cc4ccc5c(c4)OCO5)CC3)ncnc2c1. The molecule has 0 unspecified atom stereocenters. The number of halogens is 2. The highest BCUT2D eigenvalue weighted by molar-refractivity contribution is 5.89. The van der Waals surface area contributed by atoms with Gasteiger partial charge in [0.2, 0.25) is 6.79 Å². The summed E-state index contributed by atoms with van der Waals surface area (Å²) < 4.78 is 10.9. The zero-order chi connectivity index (χ0) is 17.3. The van der Waals surface area contributed by atoms with Crippen molar-refractivity contribution in [3.63, 3.8) is 0 Å². The molecule has 0 saturated carbocycles. The van der Waals surface area contributed by atoms with Gasteiger partial charge in [0.1, 0.15) is 12.1 Å². The van der Waals surface area contributed by atoms with Gasteiger partial charge in [-0.3, -0.25) is 4.90 Å². The molecule has 1 saturated heterocycles. The summed E-state index contributed by atoms with van der Waals surface area (Å²) in [4.78, 5) is 13.7. The molecule has 2 aromatic carbocycles. The largest absolute Gasteiger partial charge is 0.454 e. The minimum Gasteiger partial charge on any atom is -0.454 e. The number of ether oxygens (including phenoxy) is 2. The first-order valence-electron chi connectivity index (χ1n) is 8.92. The first-order valence-corrected chi connectivity index (χ1v) is 8.92. The van der Waals surface area contributed by atoms with Gasteiger partial charge in [0.05, 0.1) is 5.52 Å². The molecule has 5 rings (SSSR count). The quantitative estimate of drug-likeness (QED) is 0.645. The number of aromatic nitrogens is 2. The predicted octanol–water partition coefficient (Wildman–Crippen LogP) is 3.52. The molecule has 3 heterocycles. The maximum atomic E-state index is 5.48. The summed E-state index contributed by atoms with van der Waals surface area (Å²) in [5, 5.41) is 1.12. The minimum absolute atomic E-state index is 0. The summed E-state index contributed by atoms with van der Waals surface area (Å²) in [7, 11) is 0. The first kappa shape index (κ1) is 20.5. The molecule has 0 bridgehead atoms. The Morgan fingerprint density at radius 3 is 2.50 bits per heavy atom. The number of anilines is 1. The molecule has 148 valence electrons. The average molecular weight is 421 g/mol. The van der Waals surface area contributed by atoms with Crippen LogP contribution in [0.2, 0.25) is 0 Å². The van der Waals surface area contributed by atoms with Crippen molar-refractivity contribution in [2.45, 2.75) is 6.54 Å². The van der Waals surface area contributed by atoms with Crippen LogP contribution in [0.1, 0.15) is 5.56 Å². The lowest BCUT2D eigenvalue weighted by molar-refractivity contribution is 0.174. The lowest BCUT2D eigenvalue weighted by Gasteiger charge is -2.35. The summed E-state index contributed by atoms with van der Waals surface area (Å²) in [5.74, 6) is 2.74. The van der Waals surface area contributed by atoms with Gasteiger partial charge in [0.15, 0.2) is 11.5 Å². The Hall–Kier alpha value is -2.28. The van der Waals surface area contributed by atoms with Gasteiger partial charge in [0, 0.05) is 38.1 Å². The molecule has 6 nitrogen and oxygen atoms in total. The molecular weight excluding hydrogens is 399 g/mol. The van der Waals surface area contributed by atoms with Crippen LogP contribution in [-0.2, 0) is 6.54 Å². The van der Waals surface area contributed by atoms with Crippen LogP contribution in [0, 0.1) is 0 Å². The molecular formula is C20H22Cl2N4O2. The van der Waals surface area contributed by atoms with E-state index < -0.39 is 0 Å². The van der Waals surface area contributed by atoms with Crippen LogP contribution in [0.25, 0.3) is 10.9 Å². The van der Waals surface area contributed by atoms with Crippen molar-refractivity contribution in [2.75, 3.05) is 37.9 Å². The van der Waals surface area contributed by atoms with Crippen LogP contribution in [0.4, 0.5) is 5.82 Å². The van der Waals surface area contributed by atoms with Gasteiger partial charge in [-0.1, -0.05) is 18.2 Å². The summed E-state index contributed by atoms with van der Waals surface area (Å²) in [5.41, 5.74) is 2.26. The summed E-state index contributed by atoms with van der Waals surface area (Å²) in [6.45, 7) is 5.19. The van der Waals surface area contributed by atoms with Crippen molar-refractivity contribution in [1.29, 1.82) is 0 Å². The highest BCUT2D eigenvalue weighted by atomic mass is 35.5. The Morgan fingerprint density at radius 1 is 0.857 bits per heavy atom. The number of benzene rings is 2. The molecule has 2 aliphatic rings. The zero-order valence-corrected chi connectivity index (χ0v) is 16.9. The summed E-state index contributed by atoms with van der Waals surface area (Å²) >= 11 is 0. The molecule has 0 radical (unpaired) electrons. The third kappa shape index (κ3) is 3.94. The Bertz CT molecular complexity index is 943. The maximum absolute atomic E-state index is 5.48. The number of rotatable bonds is 3. The van der Waals surface area contributed by atoms with Crippen LogP contribution in [0.5, 0.6) is 11.5 Å². The standard InChI is InChI=1S/C20H20N4O2.2ClH/c1-2-4-17-16(3-1)20(22-13-21-17)24-9-7-23(8-10-24)12-15-5-6-18-19(11-15)26-14-25-18;;/h1-6,11,13H,7-10,12,14H2;2*1H. The van der Waals surface area contributed by atoms with Gasteiger partial charge in [-0.15, -0.1) is 24.8 Å². The van der Waals surface area contributed by atoms with Crippen molar-refractivity contribution in [3.05, 3.63) is 54.4 Å². The van der Waals surface area contributed by atoms with Crippen LogP contribution < -0.4 is 14.4 Å². The highest BCUT2D eigenvalue weighted by Gasteiger charge is 2.21. The fourth-order valence-electron chi connectivity index (χ4n) is 3.66. The second-order valence-electron chi connectivity index (χ2n) is 6.67. The molecule has 8 heteroatoms. The molecule has 1 fully saturated rings. The van der Waals surface area contributed by atoms with E-state index in [1.807, 2.05) is 24.3 Å². The molecule has 1 aromatic heterocycles. The van der Waals surface area contributed by atoms with E-state index in [1.165, 1.54) is 5.56 Å². The predicted molar refractivity (Wildman–Crippen MR) is 114 cm³/mol. The van der Waals surface area contributed by atoms with Gasteiger partial charge < -0.3 is 14.4 Å². The maximum Gasteiger partial charge on any atom is 0.231 e. The number of hydrogen-bond acceptors (Lipinski definition) is 6. The van der Waals surface area contributed by atoms with E-state index in [-0.39, 0.29) is 24.8 Å². The second kappa shape index (κ2) is 8.82. The zero-order valence-electron chi connectivity index (χ0n) is 15.3. The third-order valence-electron chi connectivity index (χ3n) is 5.04. The number of hydrogen-bond donors (Lipinski definition) is 0. The van der Waals surface area contributed by atoms with Crippen molar-refractivity contribution in [1.82, 2.24) is 14.9 Å². The fourth-order valence-corrected chi connectivity index (χ4v) is 3.66. The normalized spacial score (nSPS) is 15.8. The Labute approximate surface area is 176 Å². The molecule has 2 aliphatic heterocycles. The van der Waals surface area contributed by atoms with Crippen LogP contribution in [0.15, 0.2) is 48.8 Å². The molecule has 0 aliphatic carbocycles. The van der Waals surface area contributed by atoms with Gasteiger partial charge in [-0.25, -0.2) is 9.97 Å². The first-order chi connectivity index (χ1) is 12.9. The molecule has 0 atom stereocenters. The van der Waals surface area contributed by atoms with E-state index >= 15 is 0 Å². The lowest BCUT2D eigenvalue weighted by Crippen LogP contribution is -2.46. The summed E-state index contributed by atoms with van der Waals surface area (Å²) in [6, 6.07) is 14.4. The monoisotopic (exact) mass is 420 g/mol. The molecule has 28 heavy (non-hydrogen) atoms. The smallest absolute Gasteiger partial charge is 0.231 e. The Kier molecular flexibility index (Phi) is 6.44. The fraction of sp³-hybridized carbons (Fsp3) is 0.300. The van der Waals surface area contributed by atoms with Crippen molar-refractivity contribution >= 4 is 41.5 Å². The van der Waals surface area contributed by atoms with Gasteiger partial charge >= 0.3 is 0 Å². The third-order valence-corrected chi connectivity index (χ3v) is 5.04.